The molecule has 3 heterocycles. The van der Waals surface area contributed by atoms with Gasteiger partial charge >= 0.3 is 0 Å². The molecule has 0 unspecified atom stereocenters. The third kappa shape index (κ3) is 5.29. The molecule has 0 spiro atoms. The zero-order valence-corrected chi connectivity index (χ0v) is 18.4. The molecule has 0 saturated carbocycles. The molecule has 32 heavy (non-hydrogen) atoms. The first-order valence-corrected chi connectivity index (χ1v) is 11.9. The van der Waals surface area contributed by atoms with Crippen LogP contribution in [0.2, 0.25) is 0 Å². The molecule has 168 valence electrons. The number of nitrogens with one attached hydrogen (secondary N) is 3. The third-order valence-electron chi connectivity index (χ3n) is 4.91. The number of nitrogens with zero attached hydrogens (tertiary/aromatic N) is 3. The maximum Gasteiger partial charge on any atom is 0.204 e. The van der Waals surface area contributed by atoms with Crippen molar-refractivity contribution < 1.29 is 17.9 Å². The first-order chi connectivity index (χ1) is 15.3. The maximum atomic E-state index is 12.7. The average molecular weight is 457 g/mol. The Morgan fingerprint density at radius 2 is 1.97 bits per heavy atom. The van der Waals surface area contributed by atoms with E-state index in [1.54, 1.807) is 6.07 Å². The van der Waals surface area contributed by atoms with Gasteiger partial charge in [-0.1, -0.05) is 0 Å². The summed E-state index contributed by atoms with van der Waals surface area (Å²) in [4.78, 5) is 14.4. The summed E-state index contributed by atoms with van der Waals surface area (Å²) in [5.41, 5.74) is 2.10. The van der Waals surface area contributed by atoms with Crippen LogP contribution in [0.15, 0.2) is 36.5 Å². The van der Waals surface area contributed by atoms with E-state index in [9.17, 15) is 8.42 Å². The molecular formula is C21H24N6O4S. The van der Waals surface area contributed by atoms with Crippen molar-refractivity contribution in [2.24, 2.45) is 0 Å². The number of hydrogen-bond donors (Lipinski definition) is 3. The van der Waals surface area contributed by atoms with Crippen LogP contribution >= 0.6 is 0 Å². The van der Waals surface area contributed by atoms with Crippen LogP contribution in [-0.2, 0) is 25.1 Å². The largest absolute Gasteiger partial charge is 0.429 e. The summed E-state index contributed by atoms with van der Waals surface area (Å²) in [5.74, 6) is -0.620. The van der Waals surface area contributed by atoms with E-state index in [4.69, 9.17) is 25.3 Å². The molecule has 1 saturated heterocycles. The molecular weight excluding hydrogens is 432 g/mol. The van der Waals surface area contributed by atoms with Crippen molar-refractivity contribution in [1.82, 2.24) is 15.0 Å². The van der Waals surface area contributed by atoms with Crippen molar-refractivity contribution in [3.63, 3.8) is 0 Å². The highest BCUT2D eigenvalue weighted by Crippen LogP contribution is 2.25. The molecule has 11 heteroatoms. The number of ether oxygens (including phenoxy) is 2. The van der Waals surface area contributed by atoms with E-state index in [1.165, 1.54) is 6.92 Å². The minimum absolute atomic E-state index is 0.232. The van der Waals surface area contributed by atoms with Gasteiger partial charge < -0.3 is 19.4 Å². The fraction of sp³-hybridized carbons (Fsp3) is 0.333. The normalized spacial score (nSPS) is 14.5. The Morgan fingerprint density at radius 3 is 2.72 bits per heavy atom. The number of benzene rings is 1. The van der Waals surface area contributed by atoms with Gasteiger partial charge in [-0.05, 0) is 24.3 Å². The summed E-state index contributed by atoms with van der Waals surface area (Å²) < 4.78 is 35.6. The van der Waals surface area contributed by atoms with E-state index in [-0.39, 0.29) is 11.7 Å². The fourth-order valence-corrected chi connectivity index (χ4v) is 4.68. The second kappa shape index (κ2) is 9.05. The number of anilines is 1. The van der Waals surface area contributed by atoms with Gasteiger partial charge in [-0.15, -0.1) is 0 Å². The summed E-state index contributed by atoms with van der Waals surface area (Å²) in [6, 6.07) is 9.41. The van der Waals surface area contributed by atoms with Crippen LogP contribution < -0.4 is 4.90 Å². The lowest BCUT2D eigenvalue weighted by Crippen LogP contribution is -2.37. The number of rotatable bonds is 6. The number of hydrogen-bond acceptors (Lipinski definition) is 9. The molecule has 0 bridgehead atoms. The Hall–Kier alpha value is -3.31. The predicted octanol–water partition coefficient (Wildman–Crippen LogP) is 2.37. The van der Waals surface area contributed by atoms with Gasteiger partial charge in [0.1, 0.15) is 11.6 Å². The SMILES string of the molecule is CC(=N)OC(=N)CS(=O)(=O)Cc1cc(N2CCOCC2)nc(-c2ccc3[nH]ccc3c2)n1. The van der Waals surface area contributed by atoms with E-state index in [0.717, 1.165) is 16.5 Å². The summed E-state index contributed by atoms with van der Waals surface area (Å²) >= 11 is 0. The van der Waals surface area contributed by atoms with Gasteiger partial charge in [0.05, 0.1) is 24.7 Å². The zero-order chi connectivity index (χ0) is 22.7. The second-order valence-corrected chi connectivity index (χ2v) is 9.60. The summed E-state index contributed by atoms with van der Waals surface area (Å²) in [6.45, 7) is 3.78. The van der Waals surface area contributed by atoms with Gasteiger partial charge in [0.25, 0.3) is 0 Å². The lowest BCUT2D eigenvalue weighted by Gasteiger charge is -2.28. The number of H-pyrrole nitrogens is 1. The van der Waals surface area contributed by atoms with E-state index < -0.39 is 21.5 Å². The minimum Gasteiger partial charge on any atom is -0.429 e. The zero-order valence-electron chi connectivity index (χ0n) is 17.6. The number of fused-ring (bicyclic) bond motifs is 1. The van der Waals surface area contributed by atoms with Crippen LogP contribution in [-0.4, -0.2) is 67.2 Å². The standard InChI is InChI=1S/C21H24N6O4S/c1-14(22)31-19(23)13-32(28,29)12-17-11-20(27-6-8-30-9-7-27)26-21(25-17)16-2-3-18-15(10-16)4-5-24-18/h2-5,10-11,22-24H,6-9,12-13H2,1H3. The van der Waals surface area contributed by atoms with Gasteiger partial charge in [0.2, 0.25) is 5.90 Å². The van der Waals surface area contributed by atoms with Gasteiger partial charge in [-0.3, -0.25) is 10.8 Å². The van der Waals surface area contributed by atoms with Crippen molar-refractivity contribution in [1.29, 1.82) is 10.8 Å². The topological polar surface area (TPSA) is 145 Å². The molecule has 1 aliphatic rings. The van der Waals surface area contributed by atoms with Crippen LogP contribution in [0.5, 0.6) is 0 Å². The Kier molecular flexibility index (Phi) is 6.19. The van der Waals surface area contributed by atoms with Gasteiger partial charge in [-0.25, -0.2) is 18.4 Å². The minimum atomic E-state index is -3.74. The highest BCUT2D eigenvalue weighted by molar-refractivity contribution is 7.91. The summed E-state index contributed by atoms with van der Waals surface area (Å²) in [7, 11) is -3.74. The molecule has 3 aromatic rings. The van der Waals surface area contributed by atoms with Crippen molar-refractivity contribution >= 4 is 38.4 Å². The smallest absolute Gasteiger partial charge is 0.204 e. The Bertz CT molecular complexity index is 1260. The number of morpholine rings is 1. The Labute approximate surface area is 185 Å². The molecule has 0 aliphatic carbocycles. The molecule has 0 atom stereocenters. The van der Waals surface area contributed by atoms with Gasteiger partial charge in [0, 0.05) is 48.7 Å². The first-order valence-electron chi connectivity index (χ1n) is 10.1. The molecule has 3 N–H and O–H groups in total. The molecule has 1 fully saturated rings. The molecule has 4 rings (SSSR count). The average Bonchev–Trinajstić information content (AvgIpc) is 3.20. The van der Waals surface area contributed by atoms with E-state index in [1.807, 2.05) is 35.4 Å². The van der Waals surface area contributed by atoms with Crippen molar-refractivity contribution in [2.75, 3.05) is 37.0 Å². The molecule has 0 radical (unpaired) electrons. The van der Waals surface area contributed by atoms with Crippen LogP contribution in [0.3, 0.4) is 0 Å². The van der Waals surface area contributed by atoms with Gasteiger partial charge in [-0.2, -0.15) is 0 Å². The molecule has 2 aromatic heterocycles. The quantitative estimate of drug-likeness (QED) is 0.381. The second-order valence-electron chi connectivity index (χ2n) is 7.53. The van der Waals surface area contributed by atoms with Crippen molar-refractivity contribution in [3.05, 3.63) is 42.2 Å². The number of sulfone groups is 1. The van der Waals surface area contributed by atoms with Crippen LogP contribution in [0, 0.1) is 10.8 Å². The molecule has 0 amide bonds. The Balaban J connectivity index is 1.68. The lowest BCUT2D eigenvalue weighted by atomic mass is 10.1. The summed E-state index contributed by atoms with van der Waals surface area (Å²) in [5, 5.41) is 16.0. The van der Waals surface area contributed by atoms with Crippen LogP contribution in [0.4, 0.5) is 5.82 Å². The van der Waals surface area contributed by atoms with E-state index in [2.05, 4.69) is 9.97 Å². The van der Waals surface area contributed by atoms with E-state index >= 15 is 0 Å². The highest BCUT2D eigenvalue weighted by Gasteiger charge is 2.21. The number of aromatic nitrogens is 3. The monoisotopic (exact) mass is 456 g/mol. The maximum absolute atomic E-state index is 12.7. The highest BCUT2D eigenvalue weighted by atomic mass is 32.2. The Morgan fingerprint density at radius 1 is 1.19 bits per heavy atom. The van der Waals surface area contributed by atoms with Crippen molar-refractivity contribution in [2.45, 2.75) is 12.7 Å². The molecule has 1 aliphatic heterocycles. The lowest BCUT2D eigenvalue weighted by molar-refractivity contribution is 0.122. The fourth-order valence-electron chi connectivity index (χ4n) is 3.52. The molecule has 1 aromatic carbocycles. The van der Waals surface area contributed by atoms with Gasteiger partial charge in [0.15, 0.2) is 21.6 Å². The van der Waals surface area contributed by atoms with E-state index in [0.29, 0.717) is 43.6 Å². The third-order valence-corrected chi connectivity index (χ3v) is 6.34. The number of aromatic amines is 1. The van der Waals surface area contributed by atoms with Crippen LogP contribution in [0.25, 0.3) is 22.3 Å². The van der Waals surface area contributed by atoms with Crippen LogP contribution in [0.1, 0.15) is 12.6 Å². The van der Waals surface area contributed by atoms with Crippen molar-refractivity contribution in [3.8, 4) is 11.4 Å². The predicted molar refractivity (Wildman–Crippen MR) is 122 cm³/mol. The summed E-state index contributed by atoms with van der Waals surface area (Å²) in [6.07, 6.45) is 1.85. The first kappa shape index (κ1) is 21.9. The molecule has 10 nitrogen and oxygen atoms in total.